The van der Waals surface area contributed by atoms with Crippen LogP contribution in [0, 0.1) is 16.7 Å². The Morgan fingerprint density at radius 2 is 2.14 bits per heavy atom. The number of aliphatic hydroxyl groups is 2. The topological polar surface area (TPSA) is 93.1 Å². The monoisotopic (exact) mass is 312 g/mol. The minimum atomic E-state index is -1.15. The summed E-state index contributed by atoms with van der Waals surface area (Å²) in [5, 5.41) is 19.4. The van der Waals surface area contributed by atoms with Crippen molar-refractivity contribution in [1.29, 1.82) is 0 Å². The van der Waals surface area contributed by atoms with E-state index in [1.807, 2.05) is 6.92 Å². The molecule has 0 aliphatic heterocycles. The number of fused-ring (bicyclic) bond motifs is 1. The molecule has 124 valence electrons. The molecule has 0 aromatic heterocycles. The van der Waals surface area contributed by atoms with Crippen molar-refractivity contribution in [2.24, 2.45) is 16.7 Å². The number of esters is 1. The fraction of sp³-hybridized carbons (Fsp3) is 0.750. The first kappa shape index (κ1) is 17.0. The largest absolute Gasteiger partial charge is 0.495 e. The van der Waals surface area contributed by atoms with E-state index in [-0.39, 0.29) is 25.4 Å². The van der Waals surface area contributed by atoms with Gasteiger partial charge in [0.2, 0.25) is 0 Å². The van der Waals surface area contributed by atoms with Crippen LogP contribution in [0.3, 0.4) is 0 Å². The number of carbonyl (C=O) groups excluding carboxylic acids is 2. The van der Waals surface area contributed by atoms with Gasteiger partial charge in [0.15, 0.2) is 5.78 Å². The van der Waals surface area contributed by atoms with Crippen molar-refractivity contribution in [3.05, 3.63) is 11.8 Å². The first-order valence-corrected chi connectivity index (χ1v) is 7.55. The number of ether oxygens (including phenoxy) is 2. The van der Waals surface area contributed by atoms with Crippen LogP contribution in [-0.2, 0) is 19.1 Å². The molecular weight excluding hydrogens is 288 g/mol. The van der Waals surface area contributed by atoms with Crippen LogP contribution in [0.25, 0.3) is 0 Å². The van der Waals surface area contributed by atoms with Gasteiger partial charge in [0, 0.05) is 17.9 Å². The summed E-state index contributed by atoms with van der Waals surface area (Å²) in [6.45, 7) is 3.55. The fourth-order valence-electron chi connectivity index (χ4n) is 3.97. The normalized spacial score (nSPS) is 38.0. The molecule has 22 heavy (non-hydrogen) atoms. The van der Waals surface area contributed by atoms with Gasteiger partial charge in [0.25, 0.3) is 0 Å². The highest BCUT2D eigenvalue weighted by atomic mass is 16.5. The maximum absolute atomic E-state index is 12.3. The minimum Gasteiger partial charge on any atom is -0.495 e. The van der Waals surface area contributed by atoms with Crippen LogP contribution in [0.4, 0.5) is 0 Å². The first-order valence-electron chi connectivity index (χ1n) is 7.55. The third-order valence-corrected chi connectivity index (χ3v) is 5.36. The molecule has 0 aromatic carbocycles. The predicted octanol–water partition coefficient (Wildman–Crippen LogP) is 0.808. The van der Waals surface area contributed by atoms with Crippen LogP contribution in [-0.4, -0.2) is 48.4 Å². The number of rotatable bonds is 4. The highest BCUT2D eigenvalue weighted by Crippen LogP contribution is 2.58. The molecule has 4 atom stereocenters. The lowest BCUT2D eigenvalue weighted by Gasteiger charge is -2.54. The molecular formula is C16H24O6. The summed E-state index contributed by atoms with van der Waals surface area (Å²) in [7, 11) is 1.29. The Hall–Kier alpha value is -1.40. The van der Waals surface area contributed by atoms with Crippen molar-refractivity contribution in [1.82, 2.24) is 0 Å². The van der Waals surface area contributed by atoms with E-state index in [9.17, 15) is 14.7 Å². The summed E-state index contributed by atoms with van der Waals surface area (Å²) in [4.78, 5) is 24.4. The third kappa shape index (κ3) is 2.44. The fourth-order valence-corrected chi connectivity index (χ4v) is 3.97. The molecule has 2 N–H and O–H groups in total. The molecule has 1 unspecified atom stereocenters. The van der Waals surface area contributed by atoms with E-state index >= 15 is 0 Å². The van der Waals surface area contributed by atoms with E-state index in [1.165, 1.54) is 13.2 Å². The van der Waals surface area contributed by atoms with Gasteiger partial charge in [-0.2, -0.15) is 0 Å². The van der Waals surface area contributed by atoms with Crippen molar-refractivity contribution in [3.63, 3.8) is 0 Å². The van der Waals surface area contributed by atoms with E-state index < -0.39 is 28.8 Å². The van der Waals surface area contributed by atoms with Gasteiger partial charge in [0.05, 0.1) is 25.2 Å². The summed E-state index contributed by atoms with van der Waals surface area (Å²) in [6.07, 6.45) is 1.80. The standard InChI is InChI=1S/C16H24O6/c1-15-5-4-12(19)16(2,14(20)21-3)11(15)8-10(18)9-13(15)22-7-6-17/h9,11-12,17,19H,4-8H2,1-3H3/t11?,12-,15-,16+/m0/s1. The number of hydrogen-bond acceptors (Lipinski definition) is 6. The molecule has 0 amide bonds. The molecule has 2 aliphatic rings. The average Bonchev–Trinajstić information content (AvgIpc) is 2.50. The van der Waals surface area contributed by atoms with Gasteiger partial charge in [-0.1, -0.05) is 6.92 Å². The van der Waals surface area contributed by atoms with Crippen molar-refractivity contribution in [3.8, 4) is 0 Å². The van der Waals surface area contributed by atoms with Crippen molar-refractivity contribution >= 4 is 11.8 Å². The second kappa shape index (κ2) is 6.01. The quantitative estimate of drug-likeness (QED) is 0.746. The molecule has 0 heterocycles. The van der Waals surface area contributed by atoms with Crippen molar-refractivity contribution in [2.75, 3.05) is 20.3 Å². The zero-order valence-electron chi connectivity index (χ0n) is 13.3. The van der Waals surface area contributed by atoms with E-state index in [4.69, 9.17) is 14.6 Å². The molecule has 6 heteroatoms. The third-order valence-electron chi connectivity index (χ3n) is 5.36. The molecule has 1 saturated carbocycles. The van der Waals surface area contributed by atoms with Crippen LogP contribution in [0.2, 0.25) is 0 Å². The number of hydrogen-bond donors (Lipinski definition) is 2. The van der Waals surface area contributed by atoms with E-state index in [0.29, 0.717) is 18.6 Å². The first-order chi connectivity index (χ1) is 10.3. The Bertz CT molecular complexity index is 499. The summed E-state index contributed by atoms with van der Waals surface area (Å²) in [5.74, 6) is -0.556. The Morgan fingerprint density at radius 1 is 1.45 bits per heavy atom. The molecule has 6 nitrogen and oxygen atoms in total. The van der Waals surface area contributed by atoms with E-state index in [1.54, 1.807) is 6.92 Å². The second-order valence-corrected chi connectivity index (χ2v) is 6.55. The van der Waals surface area contributed by atoms with Gasteiger partial charge in [-0.15, -0.1) is 0 Å². The van der Waals surface area contributed by atoms with Crippen LogP contribution in [0.1, 0.15) is 33.1 Å². The second-order valence-electron chi connectivity index (χ2n) is 6.55. The van der Waals surface area contributed by atoms with Gasteiger partial charge < -0.3 is 19.7 Å². The molecule has 0 radical (unpaired) electrons. The minimum absolute atomic E-state index is 0.0961. The van der Waals surface area contributed by atoms with Gasteiger partial charge in [-0.25, -0.2) is 0 Å². The van der Waals surface area contributed by atoms with Gasteiger partial charge in [-0.3, -0.25) is 9.59 Å². The van der Waals surface area contributed by atoms with E-state index in [2.05, 4.69) is 0 Å². The van der Waals surface area contributed by atoms with Crippen molar-refractivity contribution < 1.29 is 29.3 Å². The SMILES string of the molecule is COC(=O)[C@]1(C)C2CC(=O)C=C(OCCO)[C@@]2(C)CC[C@@H]1O. The van der Waals surface area contributed by atoms with Crippen LogP contribution in [0.5, 0.6) is 0 Å². The smallest absolute Gasteiger partial charge is 0.314 e. The lowest BCUT2D eigenvalue weighted by molar-refractivity contribution is -0.181. The Kier molecular flexibility index (Phi) is 4.63. The summed E-state index contributed by atoms with van der Waals surface area (Å²) in [6, 6.07) is 0. The zero-order chi connectivity index (χ0) is 16.5. The Labute approximate surface area is 130 Å². The van der Waals surface area contributed by atoms with Gasteiger partial charge in [-0.05, 0) is 25.7 Å². The van der Waals surface area contributed by atoms with Gasteiger partial charge >= 0.3 is 5.97 Å². The summed E-state index contributed by atoms with van der Waals surface area (Å²) < 4.78 is 10.5. The molecule has 0 aromatic rings. The molecule has 1 fully saturated rings. The number of aliphatic hydroxyl groups excluding tert-OH is 2. The van der Waals surface area contributed by atoms with E-state index in [0.717, 1.165) is 0 Å². The maximum Gasteiger partial charge on any atom is 0.314 e. The number of methoxy groups -OCH3 is 1. The lowest BCUT2D eigenvalue weighted by Crippen LogP contribution is -2.58. The molecule has 2 rings (SSSR count). The number of ketones is 1. The zero-order valence-corrected chi connectivity index (χ0v) is 13.3. The summed E-state index contributed by atoms with van der Waals surface area (Å²) in [5.41, 5.74) is -1.69. The van der Waals surface area contributed by atoms with Crippen molar-refractivity contribution in [2.45, 2.75) is 39.2 Å². The predicted molar refractivity (Wildman–Crippen MR) is 77.7 cm³/mol. The average molecular weight is 312 g/mol. The molecule has 2 aliphatic carbocycles. The lowest BCUT2D eigenvalue weighted by atomic mass is 9.51. The highest BCUT2D eigenvalue weighted by Gasteiger charge is 2.61. The molecule has 0 saturated heterocycles. The molecule has 0 spiro atoms. The molecule has 0 bridgehead atoms. The summed E-state index contributed by atoms with van der Waals surface area (Å²) >= 11 is 0. The maximum atomic E-state index is 12.3. The van der Waals surface area contributed by atoms with Crippen LogP contribution < -0.4 is 0 Å². The van der Waals surface area contributed by atoms with Crippen LogP contribution >= 0.6 is 0 Å². The Morgan fingerprint density at radius 3 is 2.73 bits per heavy atom. The Balaban J connectivity index is 2.46. The highest BCUT2D eigenvalue weighted by molar-refractivity contribution is 5.92. The number of allylic oxidation sites excluding steroid dienone is 2. The van der Waals surface area contributed by atoms with Gasteiger partial charge in [0.1, 0.15) is 12.4 Å². The van der Waals surface area contributed by atoms with Crippen LogP contribution in [0.15, 0.2) is 11.8 Å². The number of carbonyl (C=O) groups is 2.